The molecule has 4 aromatic heterocycles. The van der Waals surface area contributed by atoms with Gasteiger partial charge in [-0.2, -0.15) is 13.2 Å². The van der Waals surface area contributed by atoms with Gasteiger partial charge in [-0.3, -0.25) is 19.2 Å². The number of anilines is 4. The minimum atomic E-state index is -4.51. The maximum absolute atomic E-state index is 13.7. The molecule has 4 amide bonds. The second-order valence-electron chi connectivity index (χ2n) is 37.1. The van der Waals surface area contributed by atoms with Crippen LogP contribution in [0.3, 0.4) is 0 Å². The van der Waals surface area contributed by atoms with Crippen molar-refractivity contribution in [3.63, 3.8) is 0 Å². The molecule has 0 bridgehead atoms. The Hall–Kier alpha value is -9.62. The number of piperidine rings is 1. The van der Waals surface area contributed by atoms with Gasteiger partial charge >= 0.3 is 6.18 Å². The van der Waals surface area contributed by atoms with E-state index in [-0.39, 0.29) is 82.5 Å². The topological polar surface area (TPSA) is 214 Å². The Labute approximate surface area is 821 Å². The molecule has 135 heavy (non-hydrogen) atoms. The van der Waals surface area contributed by atoms with Crippen LogP contribution in [0.25, 0.3) is 44.1 Å². The summed E-state index contributed by atoms with van der Waals surface area (Å²) in [5, 5.41) is 17.3. The number of carbonyl (C=O) groups excluding carboxylic acids is 4. The lowest BCUT2D eigenvalue weighted by molar-refractivity contribution is -0.139. The molecule has 0 saturated carbocycles. The Morgan fingerprint density at radius 2 is 0.756 bits per heavy atom. The maximum Gasteiger partial charge on any atom is 0.416 e. The molecule has 5 unspecified atom stereocenters. The van der Waals surface area contributed by atoms with Crippen LogP contribution < -0.4 is 40.9 Å². The van der Waals surface area contributed by atoms with Crippen molar-refractivity contribution >= 4 is 172 Å². The number of benzene rings is 8. The predicted molar refractivity (Wildman–Crippen MR) is 538 cm³/mol. The molecule has 8 fully saturated rings. The van der Waals surface area contributed by atoms with Crippen molar-refractivity contribution in [2.24, 2.45) is 0 Å². The highest BCUT2D eigenvalue weighted by Gasteiger charge is 2.41. The number of rotatable bonds is 16. The number of amides is 4. The Morgan fingerprint density at radius 3 is 1.15 bits per heavy atom. The van der Waals surface area contributed by atoms with Gasteiger partial charge in [0.2, 0.25) is 23.6 Å². The van der Waals surface area contributed by atoms with E-state index in [0.717, 1.165) is 234 Å². The van der Waals surface area contributed by atoms with Gasteiger partial charge < -0.3 is 78.7 Å². The number of aromatic nitrogens is 8. The molecule has 714 valence electrons. The third kappa shape index (κ3) is 21.4. The summed E-state index contributed by atoms with van der Waals surface area (Å²) in [6, 6.07) is 45.6. The van der Waals surface area contributed by atoms with Crippen molar-refractivity contribution in [1.82, 2.24) is 79.1 Å². The van der Waals surface area contributed by atoms with E-state index in [2.05, 4.69) is 171 Å². The molecule has 20 rings (SSSR count). The van der Waals surface area contributed by atoms with Crippen LogP contribution >= 0.6 is 81.2 Å². The van der Waals surface area contributed by atoms with Crippen molar-refractivity contribution in [1.29, 1.82) is 0 Å². The van der Waals surface area contributed by atoms with E-state index in [1.54, 1.807) is 36.0 Å². The number of nitrogens with one attached hydrogen (secondary N) is 4. The monoisotopic (exact) mass is 1970 g/mol. The first-order valence-electron chi connectivity index (χ1n) is 47.1. The Kier molecular flexibility index (Phi) is 30.2. The minimum absolute atomic E-state index is 0.00405. The number of nitrogens with zero attached hydrogens (tertiary/aromatic N) is 16. The molecule has 0 aliphatic carbocycles. The maximum atomic E-state index is 13.7. The van der Waals surface area contributed by atoms with Crippen molar-refractivity contribution < 1.29 is 32.3 Å². The van der Waals surface area contributed by atoms with Gasteiger partial charge in [0.15, 0.2) is 0 Å². The largest absolute Gasteiger partial charge is 0.416 e. The van der Waals surface area contributed by atoms with Gasteiger partial charge in [-0.15, -0.1) is 0 Å². The number of hydrogen-bond donors (Lipinski definition) is 4. The highest BCUT2D eigenvalue weighted by Crippen LogP contribution is 2.42. The van der Waals surface area contributed by atoms with Crippen LogP contribution in [0.2, 0.25) is 35.2 Å². The number of halogens is 10. The molecule has 8 aromatic carbocycles. The van der Waals surface area contributed by atoms with Crippen LogP contribution in [0.5, 0.6) is 0 Å². The molecule has 8 aliphatic rings. The summed E-state index contributed by atoms with van der Waals surface area (Å²) >= 11 is 43.6. The fraction of sp³-hybridized carbons (Fsp3) is 0.446. The standard InChI is InChI=1S/C26H31Cl2N5O.2C25H29Cl2N5O.C25H27ClF3N5O/c1-18(21-7-5-19(27)15-22(21)28)33-17-29-23-8-6-20(16-24(23)33)31-11-13-32(14-12-31)25(34)26(2)9-3-4-10-30-26;1-16-14-30(25(33)23-4-3-9-28-23)10-11-31(16)19-6-8-22-24(13-19)32(15-29-22)17(2)20-7-5-18(26)12-21(20)27;1-16-14-30(10-11-31(16)25(33)23-4-3-9-28-23)19-6-8-22-24(13-19)32(15-29-22)17(2)20-7-5-18(26)12-21(20)27;1-16(19-6-4-17(26)13-20(19)25(27,28)29)34-15-31-21-7-5-18(14-23(21)34)32-9-11-33(12-10-32)24(35)22-3-2-8-30-22/h5-8,15-18,30H,3-4,9-14H2,1-2H3;2*5-8,12-13,15-17,23,28H,3-4,9-11,14H2,1-2H3;4-7,13-16,22,30H,2-3,8-12H2,1H3/t;16-,17?,23+;16-,17?,23-;16?,22-/m.011/s1. The quantitative estimate of drug-likeness (QED) is 0.0708. The van der Waals surface area contributed by atoms with E-state index >= 15 is 0 Å². The Bertz CT molecular complexity index is 6270. The predicted octanol–water partition coefficient (Wildman–Crippen LogP) is 19.3. The molecule has 0 spiro atoms. The number of fused-ring (bicyclic) bond motifs is 4. The number of hydrogen-bond acceptors (Lipinski definition) is 16. The number of carbonyl (C=O) groups is 4. The lowest BCUT2D eigenvalue weighted by atomic mass is 9.89. The smallest absolute Gasteiger partial charge is 0.368 e. The zero-order chi connectivity index (χ0) is 94.8. The van der Waals surface area contributed by atoms with E-state index in [4.69, 9.17) is 81.2 Å². The third-order valence-corrected chi connectivity index (χ3v) is 30.4. The first-order chi connectivity index (χ1) is 64.9. The van der Waals surface area contributed by atoms with Crippen LogP contribution in [0.4, 0.5) is 35.9 Å². The molecule has 8 aliphatic heterocycles. The van der Waals surface area contributed by atoms with Crippen LogP contribution in [0, 0.1) is 0 Å². The second kappa shape index (κ2) is 42.0. The number of alkyl halides is 3. The average molecular weight is 1980 g/mol. The average Bonchev–Trinajstić information content (AvgIpc) is 1.82. The van der Waals surface area contributed by atoms with Gasteiger partial charge in [0.25, 0.3) is 0 Å². The third-order valence-electron chi connectivity index (χ3n) is 28.5. The molecule has 10 atom stereocenters. The summed E-state index contributed by atoms with van der Waals surface area (Å²) in [4.78, 5) is 87.2. The van der Waals surface area contributed by atoms with Gasteiger partial charge in [0.05, 0.1) is 123 Å². The van der Waals surface area contributed by atoms with E-state index in [1.165, 1.54) is 12.1 Å². The number of piperazine rings is 4. The SMILES string of the molecule is CC(c1ccc(Cl)cc1C(F)(F)F)n1cnc2ccc(N3CCN(C(=O)[C@H]4CCCN4)CC3)cc21.CC(c1ccc(Cl)cc1Cl)n1cnc2ccc(N3CCN(C(=O)C4(C)CCCCN4)CC3)cc21.CC(c1ccc(Cl)cc1Cl)n1cnc2ccc(N3CCN(C(=O)[C@H]4CCCN4)C[C@@H]3C)cc21.CC(c1ccc(Cl)cc1Cl)n1cnc2ccc(N3CCN(C(=O)[C@H]4CCCN4)[C@H](C)C3)cc21. The normalized spacial score (nSPS) is 21.6. The van der Waals surface area contributed by atoms with Crippen molar-refractivity contribution in [3.05, 3.63) is 234 Å². The zero-order valence-electron chi connectivity index (χ0n) is 77.0. The molecule has 4 N–H and O–H groups in total. The van der Waals surface area contributed by atoms with Crippen LogP contribution in [-0.2, 0) is 25.4 Å². The van der Waals surface area contributed by atoms with Crippen LogP contribution in [0.1, 0.15) is 158 Å². The van der Waals surface area contributed by atoms with E-state index in [0.29, 0.717) is 61.8 Å². The molecule has 8 saturated heterocycles. The molecule has 12 aromatic rings. The highest BCUT2D eigenvalue weighted by atomic mass is 35.5. The van der Waals surface area contributed by atoms with Gasteiger partial charge in [0.1, 0.15) is 0 Å². The van der Waals surface area contributed by atoms with E-state index in [1.807, 2.05) is 93.2 Å². The summed E-state index contributed by atoms with van der Waals surface area (Å²) in [7, 11) is 0. The van der Waals surface area contributed by atoms with Gasteiger partial charge in [-0.25, -0.2) is 19.9 Å². The summed E-state index contributed by atoms with van der Waals surface area (Å²) in [5.41, 5.74) is 13.9. The van der Waals surface area contributed by atoms with Crippen LogP contribution in [-0.4, -0.2) is 235 Å². The number of imidazole rings is 4. The second-order valence-corrected chi connectivity index (χ2v) is 40.1. The molecular weight excluding hydrogens is 1860 g/mol. The fourth-order valence-corrected chi connectivity index (χ4v) is 22.5. The minimum Gasteiger partial charge on any atom is -0.368 e. The molecule has 24 nitrogen and oxygen atoms in total. The van der Waals surface area contributed by atoms with Crippen molar-refractivity contribution in [2.75, 3.05) is 137 Å². The van der Waals surface area contributed by atoms with Crippen LogP contribution in [0.15, 0.2) is 171 Å². The van der Waals surface area contributed by atoms with E-state index < -0.39 is 23.3 Å². The summed E-state index contributed by atoms with van der Waals surface area (Å²) < 4.78 is 49.4. The van der Waals surface area contributed by atoms with Gasteiger partial charge in [-0.05, 0) is 276 Å². The highest BCUT2D eigenvalue weighted by molar-refractivity contribution is 6.36. The summed E-state index contributed by atoms with van der Waals surface area (Å²) in [6.45, 7) is 28.7. The summed E-state index contributed by atoms with van der Waals surface area (Å²) in [6.07, 6.45) is 11.9. The van der Waals surface area contributed by atoms with Crippen molar-refractivity contribution in [2.45, 2.75) is 172 Å². The molecule has 34 heteroatoms. The first-order valence-corrected chi connectivity index (χ1v) is 49.8. The summed E-state index contributed by atoms with van der Waals surface area (Å²) in [5.74, 6) is 0.921. The lowest BCUT2D eigenvalue weighted by Crippen LogP contribution is -2.61. The van der Waals surface area contributed by atoms with Crippen molar-refractivity contribution in [3.8, 4) is 0 Å². The Morgan fingerprint density at radius 1 is 0.385 bits per heavy atom. The zero-order valence-corrected chi connectivity index (χ0v) is 82.3. The van der Waals surface area contributed by atoms with Gasteiger partial charge in [0, 0.05) is 162 Å². The van der Waals surface area contributed by atoms with Gasteiger partial charge in [-0.1, -0.05) is 105 Å². The lowest BCUT2D eigenvalue weighted by Gasteiger charge is -2.42. The molecule has 0 radical (unpaired) electrons. The molecule has 12 heterocycles. The van der Waals surface area contributed by atoms with E-state index in [9.17, 15) is 32.3 Å². The molecular formula is C101H116Cl7F3N20O4. The Balaban J connectivity index is 0.000000125. The fourth-order valence-electron chi connectivity index (χ4n) is 20.6. The first kappa shape index (κ1) is 97.0.